The lowest BCUT2D eigenvalue weighted by Crippen LogP contribution is -2.26. The molecule has 0 aliphatic rings. The molecule has 0 saturated carbocycles. The minimum absolute atomic E-state index is 0.163. The van der Waals surface area contributed by atoms with E-state index in [1.165, 1.54) is 14.2 Å². The van der Waals surface area contributed by atoms with Crippen molar-refractivity contribution in [2.45, 2.75) is 0 Å². The predicted molar refractivity (Wildman–Crippen MR) is 99.9 cm³/mol. The first kappa shape index (κ1) is 17.5. The quantitative estimate of drug-likeness (QED) is 0.661. The van der Waals surface area contributed by atoms with Gasteiger partial charge in [0.1, 0.15) is 12.2 Å². The zero-order valence-electron chi connectivity index (χ0n) is 14.9. The molecule has 0 unspecified atom stereocenters. The number of esters is 2. The van der Waals surface area contributed by atoms with E-state index in [0.29, 0.717) is 5.69 Å². The Kier molecular flexibility index (Phi) is 4.93. The highest BCUT2D eigenvalue weighted by Crippen LogP contribution is 2.26. The molecule has 0 aliphatic heterocycles. The van der Waals surface area contributed by atoms with Crippen LogP contribution in [0.5, 0.6) is 0 Å². The Morgan fingerprint density at radius 3 is 2.35 bits per heavy atom. The highest BCUT2D eigenvalue weighted by Gasteiger charge is 2.18. The maximum Gasteiger partial charge on any atom is 0.355 e. The molecule has 6 nitrogen and oxygen atoms in total. The van der Waals surface area contributed by atoms with E-state index in [-0.39, 0.29) is 12.5 Å². The van der Waals surface area contributed by atoms with Crippen molar-refractivity contribution in [1.82, 2.24) is 4.57 Å². The molecule has 0 radical (unpaired) electrons. The average Bonchev–Trinajstić information content (AvgIpc) is 3.06. The number of ether oxygens (including phenoxy) is 2. The SMILES string of the molecule is COC(=O)CN(C)c1ccc(-n2cc3ccccc3c2C(=O)OC)cc1. The number of likely N-dealkylation sites (N-methyl/N-ethyl adjacent to an activating group) is 1. The molecule has 0 atom stereocenters. The summed E-state index contributed by atoms with van der Waals surface area (Å²) in [5.74, 6) is -0.695. The first-order valence-corrected chi connectivity index (χ1v) is 8.12. The fourth-order valence-electron chi connectivity index (χ4n) is 2.88. The highest BCUT2D eigenvalue weighted by atomic mass is 16.5. The number of carbonyl (C=O) groups excluding carboxylic acids is 2. The lowest BCUT2D eigenvalue weighted by molar-refractivity contribution is -0.138. The summed E-state index contributed by atoms with van der Waals surface area (Å²) in [6.45, 7) is 0.163. The van der Waals surface area contributed by atoms with Gasteiger partial charge in [0.05, 0.1) is 14.2 Å². The van der Waals surface area contributed by atoms with Crippen LogP contribution in [-0.2, 0) is 14.3 Å². The first-order chi connectivity index (χ1) is 12.5. The van der Waals surface area contributed by atoms with Crippen LogP contribution in [0.1, 0.15) is 10.5 Å². The summed E-state index contributed by atoms with van der Waals surface area (Å²) in [5, 5.41) is 1.80. The number of aromatic nitrogens is 1. The van der Waals surface area contributed by atoms with Gasteiger partial charge in [-0.3, -0.25) is 4.79 Å². The Labute approximate surface area is 151 Å². The van der Waals surface area contributed by atoms with Crippen LogP contribution in [0.3, 0.4) is 0 Å². The van der Waals surface area contributed by atoms with Gasteiger partial charge in [-0.25, -0.2) is 4.79 Å². The van der Waals surface area contributed by atoms with E-state index in [0.717, 1.165) is 22.1 Å². The number of methoxy groups -OCH3 is 2. The second kappa shape index (κ2) is 7.31. The molecule has 1 aromatic heterocycles. The van der Waals surface area contributed by atoms with Gasteiger partial charge < -0.3 is 18.9 Å². The smallest absolute Gasteiger partial charge is 0.355 e. The number of fused-ring (bicyclic) bond motifs is 1. The fraction of sp³-hybridized carbons (Fsp3) is 0.200. The van der Waals surface area contributed by atoms with Crippen molar-refractivity contribution in [2.75, 3.05) is 32.7 Å². The molecule has 6 heteroatoms. The van der Waals surface area contributed by atoms with Crippen molar-refractivity contribution >= 4 is 28.4 Å². The Hall–Kier alpha value is -3.28. The van der Waals surface area contributed by atoms with Crippen LogP contribution in [0.4, 0.5) is 5.69 Å². The molecule has 3 aromatic rings. The minimum atomic E-state index is -0.391. The summed E-state index contributed by atoms with van der Waals surface area (Å²) in [7, 11) is 4.55. The number of nitrogens with zero attached hydrogens (tertiary/aromatic N) is 2. The fourth-order valence-corrected chi connectivity index (χ4v) is 2.88. The number of carbonyl (C=O) groups is 2. The van der Waals surface area contributed by atoms with Gasteiger partial charge in [0.25, 0.3) is 0 Å². The van der Waals surface area contributed by atoms with Gasteiger partial charge in [-0.15, -0.1) is 0 Å². The minimum Gasteiger partial charge on any atom is -0.468 e. The average molecular weight is 352 g/mol. The zero-order chi connectivity index (χ0) is 18.7. The van der Waals surface area contributed by atoms with Crippen molar-refractivity contribution < 1.29 is 19.1 Å². The maximum absolute atomic E-state index is 12.3. The van der Waals surface area contributed by atoms with Crippen molar-refractivity contribution in [3.05, 3.63) is 60.4 Å². The zero-order valence-corrected chi connectivity index (χ0v) is 14.9. The summed E-state index contributed by atoms with van der Waals surface area (Å²) >= 11 is 0. The van der Waals surface area contributed by atoms with E-state index in [1.807, 2.05) is 66.3 Å². The van der Waals surface area contributed by atoms with Gasteiger partial charge in [-0.05, 0) is 24.3 Å². The lowest BCUT2D eigenvalue weighted by Gasteiger charge is -2.18. The van der Waals surface area contributed by atoms with E-state index < -0.39 is 5.97 Å². The molecule has 0 spiro atoms. The van der Waals surface area contributed by atoms with Gasteiger partial charge in [0, 0.05) is 35.4 Å². The molecule has 0 N–H and O–H groups in total. The third-order valence-electron chi connectivity index (χ3n) is 4.27. The van der Waals surface area contributed by atoms with Crippen LogP contribution < -0.4 is 4.90 Å². The van der Waals surface area contributed by atoms with Crippen LogP contribution >= 0.6 is 0 Å². The van der Waals surface area contributed by atoms with E-state index in [2.05, 4.69) is 4.74 Å². The van der Waals surface area contributed by atoms with Crippen LogP contribution in [0.15, 0.2) is 54.7 Å². The second-order valence-electron chi connectivity index (χ2n) is 5.88. The van der Waals surface area contributed by atoms with Gasteiger partial charge in [0.2, 0.25) is 0 Å². The van der Waals surface area contributed by atoms with Gasteiger partial charge in [-0.2, -0.15) is 0 Å². The number of rotatable bonds is 5. The molecule has 134 valence electrons. The van der Waals surface area contributed by atoms with E-state index in [4.69, 9.17) is 4.74 Å². The monoisotopic (exact) mass is 352 g/mol. The van der Waals surface area contributed by atoms with Crippen LogP contribution in [0.25, 0.3) is 16.5 Å². The molecule has 0 amide bonds. The topological polar surface area (TPSA) is 60.8 Å². The van der Waals surface area contributed by atoms with Crippen LogP contribution in [0, 0.1) is 0 Å². The number of hydrogen-bond acceptors (Lipinski definition) is 5. The number of benzene rings is 2. The van der Waals surface area contributed by atoms with E-state index in [9.17, 15) is 9.59 Å². The second-order valence-corrected chi connectivity index (χ2v) is 5.88. The molecule has 0 bridgehead atoms. The molecule has 0 saturated heterocycles. The van der Waals surface area contributed by atoms with Crippen molar-refractivity contribution in [3.8, 4) is 5.69 Å². The lowest BCUT2D eigenvalue weighted by atomic mass is 10.2. The molecule has 26 heavy (non-hydrogen) atoms. The summed E-state index contributed by atoms with van der Waals surface area (Å²) in [6, 6.07) is 15.3. The Morgan fingerprint density at radius 1 is 1.00 bits per heavy atom. The molecule has 0 aliphatic carbocycles. The number of anilines is 1. The third kappa shape index (κ3) is 3.26. The van der Waals surface area contributed by atoms with Crippen molar-refractivity contribution in [1.29, 1.82) is 0 Å². The predicted octanol–water partition coefficient (Wildman–Crippen LogP) is 3.03. The van der Waals surface area contributed by atoms with Gasteiger partial charge >= 0.3 is 11.9 Å². The van der Waals surface area contributed by atoms with E-state index >= 15 is 0 Å². The standard InChI is InChI=1S/C20H20N2O4/c1-21(13-18(23)25-2)15-8-10-16(11-9-15)22-12-14-6-4-5-7-17(14)19(22)20(24)26-3/h4-12H,13H2,1-3H3. The first-order valence-electron chi connectivity index (χ1n) is 8.12. The summed E-state index contributed by atoms with van der Waals surface area (Å²) in [6.07, 6.45) is 1.91. The Balaban J connectivity index is 1.99. The number of hydrogen-bond donors (Lipinski definition) is 0. The largest absolute Gasteiger partial charge is 0.468 e. The van der Waals surface area contributed by atoms with Gasteiger partial charge in [-0.1, -0.05) is 24.3 Å². The third-order valence-corrected chi connectivity index (χ3v) is 4.27. The summed E-state index contributed by atoms with van der Waals surface area (Å²) < 4.78 is 11.5. The highest BCUT2D eigenvalue weighted by molar-refractivity contribution is 6.04. The van der Waals surface area contributed by atoms with Crippen LogP contribution in [-0.4, -0.2) is 44.3 Å². The normalized spacial score (nSPS) is 10.6. The Morgan fingerprint density at radius 2 is 1.69 bits per heavy atom. The Bertz CT molecular complexity index is 944. The van der Waals surface area contributed by atoms with Crippen molar-refractivity contribution in [3.63, 3.8) is 0 Å². The molecule has 0 fully saturated rings. The molecule has 1 heterocycles. The maximum atomic E-state index is 12.3. The van der Waals surface area contributed by atoms with Crippen molar-refractivity contribution in [2.24, 2.45) is 0 Å². The van der Waals surface area contributed by atoms with Crippen LogP contribution in [0.2, 0.25) is 0 Å². The van der Waals surface area contributed by atoms with Gasteiger partial charge in [0.15, 0.2) is 0 Å². The molecule has 2 aromatic carbocycles. The molecular formula is C20H20N2O4. The molecule has 3 rings (SSSR count). The molecular weight excluding hydrogens is 332 g/mol. The summed E-state index contributed by atoms with van der Waals surface area (Å²) in [5.41, 5.74) is 2.19. The van der Waals surface area contributed by atoms with E-state index in [1.54, 1.807) is 4.90 Å². The summed E-state index contributed by atoms with van der Waals surface area (Å²) in [4.78, 5) is 25.5.